The Morgan fingerprint density at radius 2 is 0.597 bits per heavy atom. The number of ether oxygens (including phenoxy) is 5. The molecule has 4 saturated heterocycles. The van der Waals surface area contributed by atoms with E-state index in [1.54, 1.807) is 148 Å². The molecule has 26 nitrogen and oxygen atoms in total. The Morgan fingerprint density at radius 3 is 0.866 bits per heavy atom. The van der Waals surface area contributed by atoms with Gasteiger partial charge >= 0.3 is 32.5 Å². The fourth-order valence-electron chi connectivity index (χ4n) is 20.6. The van der Waals surface area contributed by atoms with Crippen molar-refractivity contribution in [1.82, 2.24) is 0 Å². The molecule has 8 aliphatic rings. The lowest BCUT2D eigenvalue weighted by Gasteiger charge is -2.49. The van der Waals surface area contributed by atoms with Crippen LogP contribution in [0, 0.1) is 51.0 Å². The third-order valence-electron chi connectivity index (χ3n) is 27.4. The minimum absolute atomic E-state index is 0.0637. The van der Waals surface area contributed by atoms with E-state index in [0.717, 1.165) is 52.6 Å². The Balaban J connectivity index is 0.000000135. The van der Waals surface area contributed by atoms with E-state index < -0.39 is 119 Å². The number of carbonyl (C=O) groups is 1. The van der Waals surface area contributed by atoms with Crippen LogP contribution < -0.4 is 61.5 Å². The zero-order valence-electron chi connectivity index (χ0n) is 81.1. The Bertz CT molecular complexity index is 7340. The van der Waals surface area contributed by atoms with Crippen LogP contribution in [0.15, 0.2) is 262 Å². The number of hydrogen-bond acceptors (Lipinski definition) is 21. The average Bonchev–Trinajstić information content (AvgIpc) is 0.638. The zero-order chi connectivity index (χ0) is 107. The maximum Gasteiger partial charge on any atom is 0.404 e. The third-order valence-corrected chi connectivity index (χ3v) is 34.5. The van der Waals surface area contributed by atoms with Crippen LogP contribution >= 0.6 is 0 Å². The molecular formula is C107H105F12N9O17S4. The van der Waals surface area contributed by atoms with Crippen LogP contribution in [-0.2, 0) is 44.8 Å². The van der Waals surface area contributed by atoms with E-state index in [1.165, 1.54) is 84.0 Å². The van der Waals surface area contributed by atoms with Gasteiger partial charge in [0.2, 0.25) is 0 Å². The van der Waals surface area contributed by atoms with Crippen molar-refractivity contribution in [3.8, 4) is 67.5 Å². The first-order valence-electron chi connectivity index (χ1n) is 47.6. The van der Waals surface area contributed by atoms with Gasteiger partial charge in [-0.05, 0) is 292 Å². The van der Waals surface area contributed by atoms with Crippen molar-refractivity contribution in [1.29, 1.82) is 0 Å². The number of anilines is 8. The first-order valence-corrected chi connectivity index (χ1v) is 53.4. The number of nitrogens with two attached hydrogens (primary N) is 1. The predicted octanol–water partition coefficient (Wildman–Crippen LogP) is 20.6. The van der Waals surface area contributed by atoms with Gasteiger partial charge in [-0.15, -0.1) is 0 Å². The monoisotopic (exact) mass is 2140 g/mol. The third kappa shape index (κ3) is 23.8. The summed E-state index contributed by atoms with van der Waals surface area (Å²) in [7, 11) is -16.0. The molecule has 0 aromatic heterocycles. The predicted molar refractivity (Wildman–Crippen MR) is 540 cm³/mol. The molecule has 1 amide bonds. The summed E-state index contributed by atoms with van der Waals surface area (Å²) < 4.78 is 298. The fourth-order valence-corrected chi connectivity index (χ4v) is 27.1. The molecule has 8 heterocycles. The first-order chi connectivity index (χ1) is 70.5. The molecule has 0 spiro atoms. The molecule has 2 unspecified atom stereocenters. The number of primary amides is 1. The maximum absolute atomic E-state index is 14.3. The van der Waals surface area contributed by atoms with Crippen LogP contribution in [0.3, 0.4) is 0 Å². The molecule has 788 valence electrons. The highest BCUT2D eigenvalue weighted by Crippen LogP contribution is 2.52. The molecule has 4 fully saturated rings. The van der Waals surface area contributed by atoms with Crippen molar-refractivity contribution in [2.45, 2.75) is 187 Å². The number of fused-ring (bicyclic) bond motifs is 12. The number of halogens is 12. The number of amides is 1. The van der Waals surface area contributed by atoms with Crippen LogP contribution in [0.25, 0.3) is 44.5 Å². The number of sulfonamides is 4. The molecular weight excluding hydrogens is 2040 g/mol. The topological polar surface area (TPSA) is 312 Å². The number of carbonyl (C=O) groups excluding carboxylic acids is 1. The van der Waals surface area contributed by atoms with E-state index in [0.29, 0.717) is 145 Å². The van der Waals surface area contributed by atoms with Gasteiger partial charge in [0, 0.05) is 63.3 Å². The Hall–Kier alpha value is -13.7. The minimum Gasteiger partial charge on any atom is -0.446 e. The Kier molecular flexibility index (Phi) is 30.6. The van der Waals surface area contributed by atoms with E-state index in [4.69, 9.17) is 10.5 Å². The number of aryl methyl sites for hydroxylation is 4. The van der Waals surface area contributed by atoms with Crippen molar-refractivity contribution in [3.05, 3.63) is 288 Å². The number of aliphatic hydroxyl groups is 3. The molecule has 0 bridgehead atoms. The lowest BCUT2D eigenvalue weighted by atomic mass is 9.86. The van der Waals surface area contributed by atoms with E-state index in [9.17, 15) is 106 Å². The second-order valence-electron chi connectivity index (χ2n) is 38.5. The van der Waals surface area contributed by atoms with Gasteiger partial charge in [0.15, 0.2) is 0 Å². The summed E-state index contributed by atoms with van der Waals surface area (Å²) >= 11 is 0. The molecule has 12 aromatic rings. The maximum atomic E-state index is 14.3. The molecule has 8 atom stereocenters. The molecule has 149 heavy (non-hydrogen) atoms. The molecule has 5 N–H and O–H groups in total. The summed E-state index contributed by atoms with van der Waals surface area (Å²) in [6.45, 7) is 0.821. The summed E-state index contributed by atoms with van der Waals surface area (Å²) in [6, 6.07) is 59.0. The number of hydrogen-bond donors (Lipinski definition) is 4. The van der Waals surface area contributed by atoms with Crippen molar-refractivity contribution in [2.75, 3.05) is 89.2 Å². The summed E-state index contributed by atoms with van der Waals surface area (Å²) in [5.41, 5.74) is 13.6. The number of rotatable bonds is 21. The van der Waals surface area contributed by atoms with E-state index in [-0.39, 0.29) is 115 Å². The minimum atomic E-state index is -4.04. The van der Waals surface area contributed by atoms with Crippen LogP contribution in [0.5, 0.6) is 23.0 Å². The van der Waals surface area contributed by atoms with Gasteiger partial charge in [-0.3, -0.25) is 17.2 Å². The highest BCUT2D eigenvalue weighted by atomic mass is 32.2. The van der Waals surface area contributed by atoms with Crippen LogP contribution in [0.4, 0.5) is 103 Å². The van der Waals surface area contributed by atoms with Crippen LogP contribution in [0.1, 0.15) is 87.5 Å². The average molecular weight is 2150 g/mol. The molecule has 0 aliphatic carbocycles. The highest BCUT2D eigenvalue weighted by molar-refractivity contribution is 7.93. The van der Waals surface area contributed by atoms with Gasteiger partial charge in [-0.25, -0.2) is 56.0 Å². The Labute approximate surface area is 853 Å². The molecule has 0 radical (unpaired) electrons. The molecule has 20 rings (SSSR count). The van der Waals surface area contributed by atoms with Crippen molar-refractivity contribution < 1.29 is 130 Å². The molecule has 12 aromatic carbocycles. The SMILES string of the molecule is Cc1cccc(S(=O)(=O)N2C[C@@H]3CC(O)CCN3c3ccc(-c4cc(F)cc(OC(F)F)c4)cc32)c1.Cc1cccc(S(=O)(=O)N2C[C@@H]3CC(OC(N)=O)CCN3c3ccc(-c4cc(F)cc(OC(F)F)c4)cc32)c1.Cc1cccc(S(=O)(=O)N2C[C@@H]3C[C@@](C)(O)CCN3c3ccc(-c4cc(F)cc(OC(F)F)c4)cc32)c1.Cc1cccc(S(=O)(=O)N2C[C@@H]3C[C@](C)(O)CCN3c3ccc(-c4cc(F)cc(OC(F)F)c4)cc32)c1. The van der Waals surface area contributed by atoms with E-state index >= 15 is 0 Å². The van der Waals surface area contributed by atoms with Gasteiger partial charge in [0.25, 0.3) is 40.1 Å². The lowest BCUT2D eigenvalue weighted by Crippen LogP contribution is -2.57. The van der Waals surface area contributed by atoms with Gasteiger partial charge < -0.3 is 64.3 Å². The normalized spacial score (nSPS) is 20.4. The van der Waals surface area contributed by atoms with Crippen LogP contribution in [-0.4, -0.2) is 181 Å². The van der Waals surface area contributed by atoms with Crippen molar-refractivity contribution in [2.24, 2.45) is 5.73 Å². The smallest absolute Gasteiger partial charge is 0.404 e. The summed E-state index contributed by atoms with van der Waals surface area (Å²) in [6.07, 6.45) is 1.85. The largest absolute Gasteiger partial charge is 0.446 e. The lowest BCUT2D eigenvalue weighted by molar-refractivity contribution is -0.0506. The summed E-state index contributed by atoms with van der Waals surface area (Å²) in [5, 5.41) is 31.7. The first kappa shape index (κ1) is 107. The van der Waals surface area contributed by atoms with Crippen molar-refractivity contribution >= 4 is 91.7 Å². The van der Waals surface area contributed by atoms with E-state index in [1.807, 2.05) is 39.0 Å². The number of piperidine rings is 4. The zero-order valence-corrected chi connectivity index (χ0v) is 84.3. The number of benzene rings is 12. The summed E-state index contributed by atoms with van der Waals surface area (Å²) in [4.78, 5) is 20.2. The number of aliphatic hydroxyl groups excluding tert-OH is 1. The number of alkyl halides is 8. The molecule has 8 aliphatic heterocycles. The van der Waals surface area contributed by atoms with Crippen molar-refractivity contribution in [3.63, 3.8) is 0 Å². The van der Waals surface area contributed by atoms with Gasteiger partial charge in [0.1, 0.15) is 52.4 Å². The van der Waals surface area contributed by atoms with Gasteiger partial charge in [0.05, 0.1) is 133 Å². The Morgan fingerprint density at radius 1 is 0.336 bits per heavy atom. The fraction of sp³-hybridized carbons (Fsp3) is 0.318. The summed E-state index contributed by atoms with van der Waals surface area (Å²) in [5.74, 6) is -4.38. The van der Waals surface area contributed by atoms with Crippen LogP contribution in [0.2, 0.25) is 0 Å². The van der Waals surface area contributed by atoms with E-state index in [2.05, 4.69) is 38.5 Å². The molecule has 0 saturated carbocycles. The second kappa shape index (κ2) is 42.8. The molecule has 42 heteroatoms. The number of nitrogens with zero attached hydrogens (tertiary/aromatic N) is 8. The quantitative estimate of drug-likeness (QED) is 0.0486. The van der Waals surface area contributed by atoms with Gasteiger partial charge in [-0.1, -0.05) is 72.8 Å². The standard InChI is InChI=1S/C27H26F3N3O5S.2C27H27F3N2O4S.C26H25F3N2O4S/c1-16-3-2-4-23(9-16)39(35,36)33-15-20-14-21(38-27(31)34)7-8-32(20)24-6-5-17(12-25(24)33)18-10-19(28)13-22(11-18)37-26(29)30;2*1-17-4-3-5-23(10-17)37(34,35)32-16-21-15-27(2,33)8-9-31(21)24-7-6-18(13-25(24)32)19-11-20(28)14-22(12-19)36-26(29)30;1-16-3-2-4-23(9-16)36(33,34)31-15-20-14-21(32)7-8-30(20)24-6-5-17(12-25(24)31)18-10-19(27)13-22(11-18)35-26(28)29/h2-6,9-13,20-21,26H,7-8,14-15H2,1H3,(H2,31,34);2*3-7,10-14,21,26,33H,8-9,15-16H2,1-2H3;2-6,9-13,20-21,26,32H,7-8,14-15H2,1H3/t20-,21?;21-,27+;21-,27-;20-,21?/m0000/s1. The highest BCUT2D eigenvalue weighted by Gasteiger charge is 2.48. The van der Waals surface area contributed by atoms with Gasteiger partial charge in [-0.2, -0.15) is 35.1 Å². The second-order valence-corrected chi connectivity index (χ2v) is 45.9.